The Morgan fingerprint density at radius 1 is 0.984 bits per heavy atom. The molecule has 2 aromatic heterocycles. The Morgan fingerprint density at radius 3 is 2.40 bits per heavy atom. The largest absolute Gasteiger partial charge is 0.497 e. The van der Waals surface area contributed by atoms with Crippen molar-refractivity contribution >= 4 is 44.6 Å². The lowest BCUT2D eigenvalue weighted by Gasteiger charge is -2.33. The maximum absolute atomic E-state index is 15.0. The summed E-state index contributed by atoms with van der Waals surface area (Å²) in [5.74, 6) is -1.39. The molecule has 0 spiro atoms. The molecule has 1 saturated heterocycles. The first-order valence-electron chi connectivity index (χ1n) is 21.3. The molecule has 3 aromatic rings. The van der Waals surface area contributed by atoms with Gasteiger partial charge in [-0.05, 0) is 102 Å². The predicted molar refractivity (Wildman–Crippen MR) is 231 cm³/mol. The Morgan fingerprint density at radius 2 is 1.74 bits per heavy atom. The highest BCUT2D eigenvalue weighted by atomic mass is 32.2. The maximum Gasteiger partial charge on any atom is 0.408 e. The van der Waals surface area contributed by atoms with Crippen LogP contribution in [0.5, 0.6) is 17.5 Å². The first kappa shape index (κ1) is 44.6. The monoisotopic (exact) mass is 874 g/mol. The van der Waals surface area contributed by atoms with Gasteiger partial charge < -0.3 is 34.5 Å². The standard InChI is InChI=1S/C45H58N6O10S/c1-26-11-9-10-12-29-22-45(29,41(54)50-62(56,57)44(6)17-18-44)49-38(52)35-21-31(25-51(35)40(53)37(27(2)19-26)48-42(55)61-43(3,4)5)60-39-32-15-14-30(58-7)20-33(32)34(24-47-39)28-13-16-36(59-8)46-23-28/h10,12-16,20,23-24,26-27,29,31,35,37H,9,11,17-19,21-22,25H2,1-8H3,(H,48,55)(H,49,52)(H,50,54)/b12-10-/t26-,27-,29-,31-,35+,37+,45-/m1/s1. The zero-order valence-corrected chi connectivity index (χ0v) is 37.5. The van der Waals surface area contributed by atoms with Gasteiger partial charge in [-0.15, -0.1) is 0 Å². The van der Waals surface area contributed by atoms with Gasteiger partial charge in [0.25, 0.3) is 5.91 Å². The summed E-state index contributed by atoms with van der Waals surface area (Å²) in [6.07, 6.45) is 8.64. The smallest absolute Gasteiger partial charge is 0.408 e. The van der Waals surface area contributed by atoms with Crippen LogP contribution in [0.25, 0.3) is 21.9 Å². The molecule has 4 aliphatic rings. The Hall–Kier alpha value is -5.45. The number of aromatic nitrogens is 2. The lowest BCUT2D eigenvalue weighted by molar-refractivity contribution is -0.142. The van der Waals surface area contributed by atoms with Crippen molar-refractivity contribution in [3.63, 3.8) is 0 Å². The first-order valence-corrected chi connectivity index (χ1v) is 22.7. The van der Waals surface area contributed by atoms with E-state index >= 15 is 0 Å². The fourth-order valence-electron chi connectivity index (χ4n) is 8.50. The summed E-state index contributed by atoms with van der Waals surface area (Å²) in [5, 5.41) is 7.14. The highest BCUT2D eigenvalue weighted by Crippen LogP contribution is 2.48. The molecular formula is C45H58N6O10S. The molecule has 0 bridgehead atoms. The number of alkyl carbamates (subject to hydrolysis) is 1. The van der Waals surface area contributed by atoms with Crippen molar-refractivity contribution < 1.29 is 46.5 Å². The normalized spacial score (nSPS) is 27.9. The number of rotatable bonds is 9. The molecular weight excluding hydrogens is 817 g/mol. The summed E-state index contributed by atoms with van der Waals surface area (Å²) < 4.78 is 50.9. The fourth-order valence-corrected chi connectivity index (χ4v) is 9.81. The van der Waals surface area contributed by atoms with E-state index in [4.69, 9.17) is 23.9 Å². The van der Waals surface area contributed by atoms with Crippen molar-refractivity contribution in [2.75, 3.05) is 20.8 Å². The molecule has 2 saturated carbocycles. The quantitative estimate of drug-likeness (QED) is 0.230. The van der Waals surface area contributed by atoms with E-state index in [-0.39, 0.29) is 37.1 Å². The van der Waals surface area contributed by atoms with E-state index in [2.05, 4.69) is 27.3 Å². The number of methoxy groups -OCH3 is 2. The molecule has 7 rings (SSSR count). The van der Waals surface area contributed by atoms with Gasteiger partial charge in [-0.25, -0.2) is 23.2 Å². The molecule has 2 aliphatic heterocycles. The number of carbonyl (C=O) groups is 4. The van der Waals surface area contributed by atoms with Crippen molar-refractivity contribution in [2.45, 2.75) is 121 Å². The average molecular weight is 875 g/mol. The third kappa shape index (κ3) is 9.32. The third-order valence-electron chi connectivity index (χ3n) is 12.5. The molecule has 3 fully saturated rings. The van der Waals surface area contributed by atoms with Gasteiger partial charge in [-0.3, -0.25) is 19.1 Å². The number of nitrogens with one attached hydrogen (secondary N) is 3. The summed E-state index contributed by atoms with van der Waals surface area (Å²) >= 11 is 0. The minimum Gasteiger partial charge on any atom is -0.497 e. The van der Waals surface area contributed by atoms with Gasteiger partial charge in [0, 0.05) is 52.7 Å². The van der Waals surface area contributed by atoms with E-state index < -0.39 is 73.8 Å². The van der Waals surface area contributed by atoms with Gasteiger partial charge in [-0.1, -0.05) is 26.0 Å². The third-order valence-corrected chi connectivity index (χ3v) is 14.7. The van der Waals surface area contributed by atoms with E-state index in [9.17, 15) is 27.6 Å². The zero-order valence-electron chi connectivity index (χ0n) is 36.6. The topological polar surface area (TPSA) is 204 Å². The number of amides is 4. The minimum absolute atomic E-state index is 0.000428. The SMILES string of the molecule is COc1ccc2c(O[C@@H]3C[C@H]4C(=O)N[C@]5(C(=O)NS(=O)(=O)C6(C)CC6)C[C@H]5/C=C\CC[C@@H](C)C[C@@H](C)[C@H](NC(=O)OC(C)(C)C)C(=O)N4C3)ncc(-c3ccc(OC)nc3)c2c1. The minimum atomic E-state index is -4.03. The molecule has 334 valence electrons. The van der Waals surface area contributed by atoms with Crippen LogP contribution >= 0.6 is 0 Å². The molecule has 1 aromatic carbocycles. The van der Waals surface area contributed by atoms with Crippen LogP contribution in [0.3, 0.4) is 0 Å². The second-order valence-corrected chi connectivity index (χ2v) is 20.8. The molecule has 0 radical (unpaired) electrons. The number of nitrogens with zero attached hydrogens (tertiary/aromatic N) is 3. The molecule has 2 aliphatic carbocycles. The molecule has 7 atom stereocenters. The summed E-state index contributed by atoms with van der Waals surface area (Å²) in [6, 6.07) is 6.84. The number of carbonyl (C=O) groups excluding carboxylic acids is 4. The Labute approximate surface area is 362 Å². The van der Waals surface area contributed by atoms with E-state index in [1.165, 1.54) is 12.0 Å². The number of hydrogen-bond donors (Lipinski definition) is 3. The highest BCUT2D eigenvalue weighted by molar-refractivity contribution is 7.91. The van der Waals surface area contributed by atoms with Crippen molar-refractivity contribution in [2.24, 2.45) is 17.8 Å². The van der Waals surface area contributed by atoms with Crippen molar-refractivity contribution in [3.8, 4) is 28.6 Å². The number of benzene rings is 1. The van der Waals surface area contributed by atoms with Gasteiger partial charge in [0.15, 0.2) is 0 Å². The van der Waals surface area contributed by atoms with Gasteiger partial charge in [0.1, 0.15) is 35.1 Å². The van der Waals surface area contributed by atoms with Crippen LogP contribution in [0.1, 0.15) is 86.5 Å². The molecule has 3 N–H and O–H groups in total. The van der Waals surface area contributed by atoms with Crippen LogP contribution in [0.4, 0.5) is 4.79 Å². The highest BCUT2D eigenvalue weighted by Gasteiger charge is 2.63. The predicted octanol–water partition coefficient (Wildman–Crippen LogP) is 5.44. The fraction of sp³-hybridized carbons (Fsp3) is 0.556. The summed E-state index contributed by atoms with van der Waals surface area (Å²) in [7, 11) is -0.915. The Bertz CT molecular complexity index is 2360. The lowest BCUT2D eigenvalue weighted by atomic mass is 9.88. The number of ether oxygens (including phenoxy) is 4. The average Bonchev–Trinajstić information content (AvgIpc) is 4.10. The molecule has 17 heteroatoms. The van der Waals surface area contributed by atoms with Crippen LogP contribution in [0, 0.1) is 17.8 Å². The van der Waals surface area contributed by atoms with Crippen molar-refractivity contribution in [1.82, 2.24) is 30.2 Å². The van der Waals surface area contributed by atoms with E-state index in [0.29, 0.717) is 42.7 Å². The van der Waals surface area contributed by atoms with Gasteiger partial charge in [0.2, 0.25) is 33.6 Å². The molecule has 62 heavy (non-hydrogen) atoms. The van der Waals surface area contributed by atoms with Crippen LogP contribution < -0.4 is 29.6 Å². The molecule has 0 unspecified atom stereocenters. The number of fused-ring (bicyclic) bond motifs is 3. The number of allylic oxidation sites excluding steroid dienone is 1. The molecule has 4 heterocycles. The van der Waals surface area contributed by atoms with Gasteiger partial charge >= 0.3 is 6.09 Å². The molecule has 4 amide bonds. The second-order valence-electron chi connectivity index (χ2n) is 18.6. The zero-order chi connectivity index (χ0) is 44.8. The Kier molecular flexibility index (Phi) is 12.2. The summed E-state index contributed by atoms with van der Waals surface area (Å²) in [6.45, 7) is 10.7. The van der Waals surface area contributed by atoms with Crippen LogP contribution in [0.2, 0.25) is 0 Å². The van der Waals surface area contributed by atoms with Gasteiger partial charge in [-0.2, -0.15) is 0 Å². The van der Waals surface area contributed by atoms with E-state index in [0.717, 1.165) is 22.9 Å². The van der Waals surface area contributed by atoms with Gasteiger partial charge in [0.05, 0.1) is 25.5 Å². The Balaban J connectivity index is 1.25. The second kappa shape index (κ2) is 17.0. The maximum atomic E-state index is 15.0. The van der Waals surface area contributed by atoms with Crippen LogP contribution in [-0.2, 0) is 29.1 Å². The van der Waals surface area contributed by atoms with E-state index in [1.54, 1.807) is 59.3 Å². The number of pyridine rings is 2. The van der Waals surface area contributed by atoms with Crippen LogP contribution in [-0.4, -0.2) is 102 Å². The van der Waals surface area contributed by atoms with Crippen molar-refractivity contribution in [1.29, 1.82) is 0 Å². The molecule has 16 nitrogen and oxygen atoms in total. The summed E-state index contributed by atoms with van der Waals surface area (Å²) in [4.78, 5) is 67.5. The number of sulfonamides is 1. The lowest BCUT2D eigenvalue weighted by Crippen LogP contribution is -2.59. The van der Waals surface area contributed by atoms with E-state index in [1.807, 2.05) is 37.3 Å². The summed E-state index contributed by atoms with van der Waals surface area (Å²) in [5.41, 5.74) is -0.877. The van der Waals surface area contributed by atoms with Crippen molar-refractivity contribution in [3.05, 3.63) is 54.9 Å². The first-order chi connectivity index (χ1) is 29.3. The van der Waals surface area contributed by atoms with Crippen LogP contribution in [0.15, 0.2) is 54.9 Å². The number of hydrogen-bond acceptors (Lipinski definition) is 12.